The summed E-state index contributed by atoms with van der Waals surface area (Å²) < 4.78 is 26.3. The van der Waals surface area contributed by atoms with E-state index in [4.69, 9.17) is 21.1 Å². The van der Waals surface area contributed by atoms with Crippen LogP contribution < -0.4 is 9.47 Å². The van der Waals surface area contributed by atoms with Gasteiger partial charge in [0.15, 0.2) is 11.5 Å². The van der Waals surface area contributed by atoms with Crippen molar-refractivity contribution in [3.63, 3.8) is 0 Å². The molecule has 2 aromatic rings. The molecule has 0 saturated carbocycles. The van der Waals surface area contributed by atoms with Gasteiger partial charge in [0.25, 0.3) is 5.79 Å². The summed E-state index contributed by atoms with van der Waals surface area (Å²) >= 11 is 9.14. The van der Waals surface area contributed by atoms with Gasteiger partial charge in [-0.15, -0.1) is 0 Å². The molecule has 0 saturated heterocycles. The van der Waals surface area contributed by atoms with E-state index in [0.29, 0.717) is 22.1 Å². The molecule has 98 valence electrons. The molecule has 1 atom stereocenters. The van der Waals surface area contributed by atoms with Gasteiger partial charge in [0.1, 0.15) is 5.82 Å². The molecular weight excluding hydrogens is 335 g/mol. The molecule has 2 aromatic carbocycles. The summed E-state index contributed by atoms with van der Waals surface area (Å²) in [5.41, 5.74) is 0.306. The van der Waals surface area contributed by atoms with Gasteiger partial charge in [0, 0.05) is 11.9 Å². The standard InChI is InChI=1S/C14H9BrClFO2/c1-14(9-6-5-8(16)7-11(9)17)18-12-4-2-3-10(15)13(12)19-14/h2-7H,1H3. The molecule has 0 bridgehead atoms. The largest absolute Gasteiger partial charge is 0.444 e. The number of fused-ring (bicyclic) bond motifs is 1. The van der Waals surface area contributed by atoms with Gasteiger partial charge in [-0.1, -0.05) is 17.7 Å². The molecule has 0 amide bonds. The molecule has 5 heteroatoms. The van der Waals surface area contributed by atoms with Gasteiger partial charge in [-0.2, -0.15) is 0 Å². The average Bonchev–Trinajstić information content (AvgIpc) is 2.68. The van der Waals surface area contributed by atoms with Crippen molar-refractivity contribution in [1.82, 2.24) is 0 Å². The SMILES string of the molecule is CC1(c2ccc(Cl)cc2F)Oc2cccc(Br)c2O1. The maximum absolute atomic E-state index is 14.0. The van der Waals surface area contributed by atoms with Crippen LogP contribution in [0.4, 0.5) is 4.39 Å². The van der Waals surface area contributed by atoms with Gasteiger partial charge in [-0.25, -0.2) is 4.39 Å². The molecule has 1 heterocycles. The molecule has 1 aliphatic rings. The van der Waals surface area contributed by atoms with Crippen molar-refractivity contribution >= 4 is 27.5 Å². The van der Waals surface area contributed by atoms with Crippen LogP contribution in [0.5, 0.6) is 11.5 Å². The quantitative estimate of drug-likeness (QED) is 0.734. The van der Waals surface area contributed by atoms with Crippen LogP contribution in [-0.4, -0.2) is 0 Å². The first kappa shape index (κ1) is 12.8. The second-order valence-corrected chi connectivity index (χ2v) is 5.63. The van der Waals surface area contributed by atoms with Crippen molar-refractivity contribution in [2.45, 2.75) is 12.7 Å². The second-order valence-electron chi connectivity index (χ2n) is 4.34. The second kappa shape index (κ2) is 4.39. The molecule has 3 rings (SSSR count). The molecule has 1 aliphatic heterocycles. The number of benzene rings is 2. The number of halogens is 3. The molecule has 0 aliphatic carbocycles. The van der Waals surface area contributed by atoms with Crippen LogP contribution >= 0.6 is 27.5 Å². The van der Waals surface area contributed by atoms with Gasteiger partial charge >= 0.3 is 0 Å². The lowest BCUT2D eigenvalue weighted by Crippen LogP contribution is -2.32. The van der Waals surface area contributed by atoms with E-state index in [0.717, 1.165) is 4.47 Å². The van der Waals surface area contributed by atoms with Crippen LogP contribution in [0, 0.1) is 5.82 Å². The number of rotatable bonds is 1. The summed E-state index contributed by atoms with van der Waals surface area (Å²) in [5.74, 6) is -0.509. The normalized spacial score (nSPS) is 20.6. The van der Waals surface area contributed by atoms with Crippen molar-refractivity contribution < 1.29 is 13.9 Å². The minimum absolute atomic E-state index is 0.306. The number of hydrogen-bond acceptors (Lipinski definition) is 2. The highest BCUT2D eigenvalue weighted by atomic mass is 79.9. The van der Waals surface area contributed by atoms with E-state index in [2.05, 4.69) is 15.9 Å². The molecule has 0 radical (unpaired) electrons. The first-order valence-electron chi connectivity index (χ1n) is 5.62. The number of hydrogen-bond donors (Lipinski definition) is 0. The maximum Gasteiger partial charge on any atom is 0.278 e. The fourth-order valence-corrected chi connectivity index (χ4v) is 2.65. The molecule has 2 nitrogen and oxygen atoms in total. The van der Waals surface area contributed by atoms with Crippen LogP contribution in [-0.2, 0) is 5.79 Å². The fourth-order valence-electron chi connectivity index (χ4n) is 2.06. The highest BCUT2D eigenvalue weighted by molar-refractivity contribution is 9.10. The predicted octanol–water partition coefficient (Wildman–Crippen LogP) is 4.89. The van der Waals surface area contributed by atoms with Crippen LogP contribution in [0.2, 0.25) is 5.02 Å². The van der Waals surface area contributed by atoms with Crippen molar-refractivity contribution in [3.8, 4) is 11.5 Å². The van der Waals surface area contributed by atoms with Gasteiger partial charge in [-0.05, 0) is 46.3 Å². The Bertz CT molecular complexity index is 662. The lowest BCUT2D eigenvalue weighted by Gasteiger charge is -2.24. The van der Waals surface area contributed by atoms with Crippen LogP contribution in [0.25, 0.3) is 0 Å². The summed E-state index contributed by atoms with van der Waals surface area (Å²) in [4.78, 5) is 0. The maximum atomic E-state index is 14.0. The minimum atomic E-state index is -1.19. The highest BCUT2D eigenvalue weighted by Gasteiger charge is 2.41. The lowest BCUT2D eigenvalue weighted by atomic mass is 10.1. The number of ether oxygens (including phenoxy) is 2. The first-order valence-corrected chi connectivity index (χ1v) is 6.79. The van der Waals surface area contributed by atoms with E-state index in [-0.39, 0.29) is 0 Å². The van der Waals surface area contributed by atoms with Crippen LogP contribution in [0.3, 0.4) is 0 Å². The molecule has 0 fully saturated rings. The van der Waals surface area contributed by atoms with Crippen LogP contribution in [0.15, 0.2) is 40.9 Å². The predicted molar refractivity (Wildman–Crippen MR) is 74.2 cm³/mol. The van der Waals surface area contributed by atoms with E-state index >= 15 is 0 Å². The zero-order chi connectivity index (χ0) is 13.6. The fraction of sp³-hybridized carbons (Fsp3) is 0.143. The molecule has 19 heavy (non-hydrogen) atoms. The van der Waals surface area contributed by atoms with E-state index < -0.39 is 11.6 Å². The van der Waals surface area contributed by atoms with E-state index in [1.807, 2.05) is 12.1 Å². The van der Waals surface area contributed by atoms with Gasteiger partial charge in [0.05, 0.1) is 10.0 Å². The van der Waals surface area contributed by atoms with Gasteiger partial charge in [0.2, 0.25) is 0 Å². The Labute approximate surface area is 123 Å². The van der Waals surface area contributed by atoms with E-state index in [1.54, 1.807) is 25.1 Å². The summed E-state index contributed by atoms with van der Waals surface area (Å²) in [7, 11) is 0. The molecule has 1 unspecified atom stereocenters. The monoisotopic (exact) mass is 342 g/mol. The van der Waals surface area contributed by atoms with Gasteiger partial charge in [-0.3, -0.25) is 0 Å². The zero-order valence-corrected chi connectivity index (χ0v) is 12.3. The Morgan fingerprint density at radius 2 is 2.00 bits per heavy atom. The molecule has 0 N–H and O–H groups in total. The molecule has 0 spiro atoms. The summed E-state index contributed by atoms with van der Waals surface area (Å²) in [5, 5.41) is 0.335. The topological polar surface area (TPSA) is 18.5 Å². The average molecular weight is 344 g/mol. The Kier molecular flexibility index (Phi) is 2.95. The summed E-state index contributed by atoms with van der Waals surface area (Å²) in [6.07, 6.45) is 0. The van der Waals surface area contributed by atoms with Crippen molar-refractivity contribution in [3.05, 3.63) is 57.3 Å². The van der Waals surface area contributed by atoms with Crippen LogP contribution in [0.1, 0.15) is 12.5 Å². The lowest BCUT2D eigenvalue weighted by molar-refractivity contribution is -0.0709. The molecule has 0 aromatic heterocycles. The van der Waals surface area contributed by atoms with E-state index in [9.17, 15) is 4.39 Å². The third kappa shape index (κ3) is 2.09. The minimum Gasteiger partial charge on any atom is -0.444 e. The van der Waals surface area contributed by atoms with Crippen molar-refractivity contribution in [2.24, 2.45) is 0 Å². The Balaban J connectivity index is 2.06. The highest BCUT2D eigenvalue weighted by Crippen LogP contribution is 2.48. The Morgan fingerprint density at radius 3 is 2.68 bits per heavy atom. The number of para-hydroxylation sites is 1. The summed E-state index contributed by atoms with van der Waals surface area (Å²) in [6, 6.07) is 9.86. The van der Waals surface area contributed by atoms with Crippen molar-refractivity contribution in [1.29, 1.82) is 0 Å². The Morgan fingerprint density at radius 1 is 1.21 bits per heavy atom. The van der Waals surface area contributed by atoms with E-state index in [1.165, 1.54) is 6.07 Å². The van der Waals surface area contributed by atoms with Crippen molar-refractivity contribution in [2.75, 3.05) is 0 Å². The zero-order valence-electron chi connectivity index (χ0n) is 9.91. The third-order valence-electron chi connectivity index (χ3n) is 2.95. The smallest absolute Gasteiger partial charge is 0.278 e. The Hall–Kier alpha value is -1.26. The van der Waals surface area contributed by atoms with Gasteiger partial charge < -0.3 is 9.47 Å². The third-order valence-corrected chi connectivity index (χ3v) is 3.81. The summed E-state index contributed by atoms with van der Waals surface area (Å²) in [6.45, 7) is 1.67. The molecular formula is C14H9BrClFO2. The first-order chi connectivity index (χ1) is 8.99.